The Bertz CT molecular complexity index is 950. The van der Waals surface area contributed by atoms with Crippen molar-refractivity contribution in [3.8, 4) is 6.07 Å². The first-order valence-corrected chi connectivity index (χ1v) is 8.19. The van der Waals surface area contributed by atoms with E-state index in [1.54, 1.807) is 31.2 Å². The van der Waals surface area contributed by atoms with Crippen LogP contribution in [0, 0.1) is 18.3 Å². The number of alkyl halides is 3. The van der Waals surface area contributed by atoms with Crippen LogP contribution in [0.3, 0.4) is 0 Å². The number of nitrogens with one attached hydrogen (secondary N) is 2. The fourth-order valence-corrected chi connectivity index (χ4v) is 2.45. The summed E-state index contributed by atoms with van der Waals surface area (Å²) in [7, 11) is 0. The summed E-state index contributed by atoms with van der Waals surface area (Å²) in [6.07, 6.45) is -3.76. The van der Waals surface area contributed by atoms with Gasteiger partial charge in [0.2, 0.25) is 0 Å². The summed E-state index contributed by atoms with van der Waals surface area (Å²) in [6, 6.07) is 9.59. The van der Waals surface area contributed by atoms with Gasteiger partial charge in [0.1, 0.15) is 11.6 Å². The van der Waals surface area contributed by atoms with Gasteiger partial charge in [0.25, 0.3) is 5.91 Å². The fraction of sp³-hybridized carbons (Fsp3) is 0.111. The van der Waals surface area contributed by atoms with Crippen LogP contribution in [0.5, 0.6) is 0 Å². The molecule has 2 rings (SSSR count). The third kappa shape index (κ3) is 5.16. The maximum absolute atomic E-state index is 13.1. The molecule has 0 saturated heterocycles. The number of hydrogen-bond acceptors (Lipinski definition) is 3. The smallest absolute Gasteiger partial charge is 0.360 e. The Balaban J connectivity index is 2.26. The van der Waals surface area contributed by atoms with E-state index in [1.165, 1.54) is 6.07 Å². The van der Waals surface area contributed by atoms with Crippen LogP contribution in [0.15, 0.2) is 48.2 Å². The highest BCUT2D eigenvalue weighted by Crippen LogP contribution is 2.36. The Hall–Kier alpha value is -2.69. The molecule has 27 heavy (non-hydrogen) atoms. The lowest BCUT2D eigenvalue weighted by molar-refractivity contribution is -0.136. The van der Waals surface area contributed by atoms with Gasteiger partial charge in [0, 0.05) is 21.9 Å². The van der Waals surface area contributed by atoms with Gasteiger partial charge in [0.15, 0.2) is 0 Å². The van der Waals surface area contributed by atoms with Gasteiger partial charge in [-0.15, -0.1) is 0 Å². The van der Waals surface area contributed by atoms with E-state index in [0.717, 1.165) is 18.3 Å². The summed E-state index contributed by atoms with van der Waals surface area (Å²) < 4.78 is 39.3. The Morgan fingerprint density at radius 2 is 1.89 bits per heavy atom. The molecule has 0 spiro atoms. The molecule has 1 amide bonds. The molecule has 0 saturated carbocycles. The molecular weight excluding hydrogens is 402 g/mol. The molecule has 0 bridgehead atoms. The van der Waals surface area contributed by atoms with Gasteiger partial charge in [-0.3, -0.25) is 4.79 Å². The number of nitrogens with zero attached hydrogens (tertiary/aromatic N) is 1. The van der Waals surface area contributed by atoms with Crippen LogP contribution in [-0.4, -0.2) is 5.91 Å². The molecule has 4 nitrogen and oxygen atoms in total. The van der Waals surface area contributed by atoms with Gasteiger partial charge in [-0.2, -0.15) is 18.4 Å². The number of halogens is 5. The first-order chi connectivity index (χ1) is 12.6. The molecule has 0 aliphatic carbocycles. The Kier molecular flexibility index (Phi) is 6.37. The highest BCUT2D eigenvalue weighted by molar-refractivity contribution is 6.32. The Morgan fingerprint density at radius 3 is 2.52 bits per heavy atom. The molecule has 140 valence electrons. The van der Waals surface area contributed by atoms with Crippen LogP contribution in [0.2, 0.25) is 10.0 Å². The predicted octanol–water partition coefficient (Wildman–Crippen LogP) is 5.78. The van der Waals surface area contributed by atoms with Crippen molar-refractivity contribution in [3.63, 3.8) is 0 Å². The third-order valence-electron chi connectivity index (χ3n) is 3.54. The number of carbonyl (C=O) groups excluding carboxylic acids is 1. The number of benzene rings is 2. The van der Waals surface area contributed by atoms with Crippen molar-refractivity contribution < 1.29 is 18.0 Å². The molecule has 2 N–H and O–H groups in total. The van der Waals surface area contributed by atoms with Crippen molar-refractivity contribution in [2.45, 2.75) is 13.1 Å². The van der Waals surface area contributed by atoms with E-state index in [1.807, 2.05) is 0 Å². The quantitative estimate of drug-likeness (QED) is 0.493. The highest BCUT2D eigenvalue weighted by Gasteiger charge is 2.33. The van der Waals surface area contributed by atoms with Crippen molar-refractivity contribution >= 4 is 40.5 Å². The maximum Gasteiger partial charge on any atom is 0.418 e. The molecule has 9 heteroatoms. The van der Waals surface area contributed by atoms with E-state index in [0.29, 0.717) is 16.3 Å². The molecule has 0 aliphatic heterocycles. The molecule has 0 unspecified atom stereocenters. The van der Waals surface area contributed by atoms with Crippen molar-refractivity contribution in [2.24, 2.45) is 0 Å². The number of nitriles is 1. The fourth-order valence-electron chi connectivity index (χ4n) is 2.11. The van der Waals surface area contributed by atoms with Gasteiger partial charge in [-0.25, -0.2) is 0 Å². The largest absolute Gasteiger partial charge is 0.418 e. The predicted molar refractivity (Wildman–Crippen MR) is 98.6 cm³/mol. The van der Waals surface area contributed by atoms with Crippen LogP contribution < -0.4 is 10.6 Å². The summed E-state index contributed by atoms with van der Waals surface area (Å²) in [5.74, 6) is -0.794. The normalized spacial score (nSPS) is 11.7. The Labute approximate surface area is 163 Å². The summed E-state index contributed by atoms with van der Waals surface area (Å²) >= 11 is 11.6. The molecule has 0 aliphatic rings. The zero-order valence-corrected chi connectivity index (χ0v) is 15.3. The lowest BCUT2D eigenvalue weighted by Gasteiger charge is -2.13. The molecule has 2 aromatic rings. The maximum atomic E-state index is 13.1. The second-order valence-electron chi connectivity index (χ2n) is 5.37. The first-order valence-electron chi connectivity index (χ1n) is 7.43. The number of hydrogen-bond donors (Lipinski definition) is 2. The topological polar surface area (TPSA) is 64.9 Å². The standard InChI is InChI=1S/C18H12Cl2F3N3O/c1-10-14(20)3-2-4-15(10)26-17(27)11(8-24)9-25-16-6-5-12(19)7-13(16)18(21,22)23/h2-7,9,25H,1H3,(H,26,27)/b11-9-. The minimum atomic E-state index is -4.66. The van der Waals surface area contributed by atoms with Gasteiger partial charge < -0.3 is 10.6 Å². The van der Waals surface area contributed by atoms with Crippen LogP contribution in [0.25, 0.3) is 0 Å². The minimum Gasteiger partial charge on any atom is -0.360 e. The zero-order valence-electron chi connectivity index (χ0n) is 13.8. The van der Waals surface area contributed by atoms with E-state index < -0.39 is 23.2 Å². The number of carbonyl (C=O) groups is 1. The molecular formula is C18H12Cl2F3N3O. The molecule has 0 radical (unpaired) electrons. The first kappa shape index (κ1) is 20.6. The second kappa shape index (κ2) is 8.33. The van der Waals surface area contributed by atoms with E-state index >= 15 is 0 Å². The van der Waals surface area contributed by atoms with Gasteiger partial charge >= 0.3 is 6.18 Å². The van der Waals surface area contributed by atoms with Crippen molar-refractivity contribution in [3.05, 3.63) is 69.3 Å². The molecule has 0 fully saturated rings. The average Bonchev–Trinajstić information content (AvgIpc) is 2.59. The molecule has 0 heterocycles. The summed E-state index contributed by atoms with van der Waals surface area (Å²) in [4.78, 5) is 12.2. The zero-order chi connectivity index (χ0) is 20.2. The van der Waals surface area contributed by atoms with Crippen LogP contribution in [0.1, 0.15) is 11.1 Å². The average molecular weight is 414 g/mol. The number of anilines is 2. The van der Waals surface area contributed by atoms with Gasteiger partial charge in [0.05, 0.1) is 11.3 Å². The lowest BCUT2D eigenvalue weighted by atomic mass is 10.1. The number of rotatable bonds is 4. The monoisotopic (exact) mass is 413 g/mol. The second-order valence-corrected chi connectivity index (χ2v) is 6.21. The van der Waals surface area contributed by atoms with Crippen molar-refractivity contribution in [1.82, 2.24) is 0 Å². The van der Waals surface area contributed by atoms with Crippen LogP contribution in [-0.2, 0) is 11.0 Å². The molecule has 2 aromatic carbocycles. The van der Waals surface area contributed by atoms with Gasteiger partial charge in [-0.05, 0) is 42.8 Å². The SMILES string of the molecule is Cc1c(Cl)cccc1NC(=O)/C(C#N)=C\Nc1ccc(Cl)cc1C(F)(F)F. The highest BCUT2D eigenvalue weighted by atomic mass is 35.5. The summed E-state index contributed by atoms with van der Waals surface area (Å²) in [5.41, 5.74) is -0.801. The molecule has 0 aromatic heterocycles. The third-order valence-corrected chi connectivity index (χ3v) is 4.18. The Morgan fingerprint density at radius 1 is 1.19 bits per heavy atom. The van der Waals surface area contributed by atoms with E-state index in [-0.39, 0.29) is 10.7 Å². The summed E-state index contributed by atoms with van der Waals surface area (Å²) in [6.45, 7) is 1.68. The number of amides is 1. The van der Waals surface area contributed by atoms with E-state index in [4.69, 9.17) is 28.5 Å². The van der Waals surface area contributed by atoms with Crippen LogP contribution in [0.4, 0.5) is 24.5 Å². The van der Waals surface area contributed by atoms with E-state index in [2.05, 4.69) is 10.6 Å². The van der Waals surface area contributed by atoms with Gasteiger partial charge in [-0.1, -0.05) is 29.3 Å². The minimum absolute atomic E-state index is 0.0912. The van der Waals surface area contributed by atoms with Crippen LogP contribution >= 0.6 is 23.2 Å². The summed E-state index contributed by atoms with van der Waals surface area (Å²) in [5, 5.41) is 14.3. The van der Waals surface area contributed by atoms with E-state index in [9.17, 15) is 18.0 Å². The van der Waals surface area contributed by atoms with Crippen molar-refractivity contribution in [1.29, 1.82) is 5.26 Å². The molecule has 0 atom stereocenters. The van der Waals surface area contributed by atoms with Crippen molar-refractivity contribution in [2.75, 3.05) is 10.6 Å². The lowest BCUT2D eigenvalue weighted by Crippen LogP contribution is -2.16.